The number of urea groups is 1. The van der Waals surface area contributed by atoms with Crippen molar-refractivity contribution in [3.63, 3.8) is 0 Å². The number of hydrogen-bond donors (Lipinski definition) is 2. The standard InChI is InChI=1S/C16H24N2O2/c19-13-15-9-5-11-18(12-15)16(20)17-10-4-8-14-6-2-1-3-7-14/h1-3,6-7,15,19H,4-5,8-13H2,(H,17,20). The molecule has 1 aliphatic heterocycles. The molecular weight excluding hydrogens is 252 g/mol. The summed E-state index contributed by atoms with van der Waals surface area (Å²) < 4.78 is 0. The highest BCUT2D eigenvalue weighted by atomic mass is 16.3. The van der Waals surface area contributed by atoms with E-state index in [0.29, 0.717) is 13.1 Å². The van der Waals surface area contributed by atoms with Crippen molar-refractivity contribution in [3.05, 3.63) is 35.9 Å². The number of benzene rings is 1. The molecule has 0 radical (unpaired) electrons. The fourth-order valence-corrected chi connectivity index (χ4v) is 2.64. The van der Waals surface area contributed by atoms with E-state index in [1.54, 1.807) is 0 Å². The van der Waals surface area contributed by atoms with Gasteiger partial charge in [0.1, 0.15) is 0 Å². The lowest BCUT2D eigenvalue weighted by Crippen LogP contribution is -2.46. The molecule has 2 rings (SSSR count). The Morgan fingerprint density at radius 1 is 1.35 bits per heavy atom. The molecular formula is C16H24N2O2. The summed E-state index contributed by atoms with van der Waals surface area (Å²) in [5.74, 6) is 0.249. The monoisotopic (exact) mass is 276 g/mol. The van der Waals surface area contributed by atoms with Crippen LogP contribution in [0.15, 0.2) is 30.3 Å². The van der Waals surface area contributed by atoms with Gasteiger partial charge >= 0.3 is 6.03 Å². The second-order valence-corrected chi connectivity index (χ2v) is 5.46. The van der Waals surface area contributed by atoms with E-state index < -0.39 is 0 Å². The summed E-state index contributed by atoms with van der Waals surface area (Å²) in [5.41, 5.74) is 1.31. The number of nitrogens with zero attached hydrogens (tertiary/aromatic N) is 1. The Kier molecular flexibility index (Phi) is 5.87. The maximum Gasteiger partial charge on any atom is 0.317 e. The molecule has 1 aromatic rings. The zero-order valence-corrected chi connectivity index (χ0v) is 11.9. The molecule has 0 saturated carbocycles. The molecule has 20 heavy (non-hydrogen) atoms. The molecule has 110 valence electrons. The fourth-order valence-electron chi connectivity index (χ4n) is 2.64. The van der Waals surface area contributed by atoms with Gasteiger partial charge in [-0.1, -0.05) is 30.3 Å². The number of aryl methyl sites for hydroxylation is 1. The van der Waals surface area contributed by atoms with Crippen molar-refractivity contribution in [3.8, 4) is 0 Å². The molecule has 0 aliphatic carbocycles. The maximum absolute atomic E-state index is 12.0. The highest BCUT2D eigenvalue weighted by Gasteiger charge is 2.22. The molecule has 4 heteroatoms. The first kappa shape index (κ1) is 14.9. The Morgan fingerprint density at radius 3 is 2.90 bits per heavy atom. The molecule has 1 aromatic carbocycles. The molecule has 1 fully saturated rings. The van der Waals surface area contributed by atoms with Crippen molar-refractivity contribution in [1.82, 2.24) is 10.2 Å². The lowest BCUT2D eigenvalue weighted by molar-refractivity contribution is 0.129. The van der Waals surface area contributed by atoms with Crippen molar-refractivity contribution in [2.24, 2.45) is 5.92 Å². The van der Waals surface area contributed by atoms with Gasteiger partial charge in [0.25, 0.3) is 0 Å². The van der Waals surface area contributed by atoms with E-state index in [0.717, 1.165) is 32.2 Å². The van der Waals surface area contributed by atoms with Crippen molar-refractivity contribution < 1.29 is 9.90 Å². The summed E-state index contributed by atoms with van der Waals surface area (Å²) in [4.78, 5) is 13.8. The van der Waals surface area contributed by atoms with Crippen LogP contribution in [0.25, 0.3) is 0 Å². The zero-order valence-electron chi connectivity index (χ0n) is 11.9. The van der Waals surface area contributed by atoms with Crippen LogP contribution in [0.3, 0.4) is 0 Å². The van der Waals surface area contributed by atoms with Gasteiger partial charge in [0.15, 0.2) is 0 Å². The average Bonchev–Trinajstić information content (AvgIpc) is 2.52. The Bertz CT molecular complexity index is 408. The smallest absolute Gasteiger partial charge is 0.317 e. The molecule has 1 heterocycles. The number of carbonyl (C=O) groups excluding carboxylic acids is 1. The van der Waals surface area contributed by atoms with Gasteiger partial charge < -0.3 is 15.3 Å². The normalized spacial score (nSPS) is 18.9. The third-order valence-corrected chi connectivity index (χ3v) is 3.83. The minimum absolute atomic E-state index is 0.0104. The highest BCUT2D eigenvalue weighted by molar-refractivity contribution is 5.74. The first-order chi connectivity index (χ1) is 9.79. The zero-order chi connectivity index (χ0) is 14.2. The van der Waals surface area contributed by atoms with E-state index in [1.807, 2.05) is 23.1 Å². The molecule has 1 aliphatic rings. The van der Waals surface area contributed by atoms with E-state index in [-0.39, 0.29) is 18.6 Å². The number of amides is 2. The van der Waals surface area contributed by atoms with Gasteiger partial charge in [-0.25, -0.2) is 4.79 Å². The summed E-state index contributed by atoms with van der Waals surface area (Å²) in [6, 6.07) is 10.3. The summed E-state index contributed by atoms with van der Waals surface area (Å²) in [5, 5.41) is 12.1. The number of carbonyl (C=O) groups is 1. The number of hydrogen-bond acceptors (Lipinski definition) is 2. The van der Waals surface area contributed by atoms with Gasteiger partial charge in [-0.3, -0.25) is 0 Å². The summed E-state index contributed by atoms with van der Waals surface area (Å²) in [6.45, 7) is 2.37. The Labute approximate surface area is 120 Å². The summed E-state index contributed by atoms with van der Waals surface area (Å²) >= 11 is 0. The second kappa shape index (κ2) is 7.90. The van der Waals surface area contributed by atoms with Crippen LogP contribution in [0, 0.1) is 5.92 Å². The van der Waals surface area contributed by atoms with Gasteiger partial charge in [0.05, 0.1) is 0 Å². The lowest BCUT2D eigenvalue weighted by Gasteiger charge is -2.31. The Hall–Kier alpha value is -1.55. The lowest BCUT2D eigenvalue weighted by atomic mass is 9.99. The molecule has 1 unspecified atom stereocenters. The van der Waals surface area contributed by atoms with E-state index in [4.69, 9.17) is 0 Å². The van der Waals surface area contributed by atoms with Gasteiger partial charge in [-0.15, -0.1) is 0 Å². The van der Waals surface area contributed by atoms with Gasteiger partial charge in [-0.2, -0.15) is 0 Å². The van der Waals surface area contributed by atoms with Crippen LogP contribution in [0.4, 0.5) is 4.79 Å². The number of aliphatic hydroxyl groups excluding tert-OH is 1. The maximum atomic E-state index is 12.0. The van der Waals surface area contributed by atoms with Crippen LogP contribution in [0.5, 0.6) is 0 Å². The van der Waals surface area contributed by atoms with Crippen LogP contribution in [0.2, 0.25) is 0 Å². The number of likely N-dealkylation sites (tertiary alicyclic amines) is 1. The van der Waals surface area contributed by atoms with Gasteiger partial charge in [0.2, 0.25) is 0 Å². The number of piperidine rings is 1. The Morgan fingerprint density at radius 2 is 2.15 bits per heavy atom. The molecule has 2 N–H and O–H groups in total. The molecule has 4 nitrogen and oxygen atoms in total. The molecule has 1 atom stereocenters. The van der Waals surface area contributed by atoms with Crippen LogP contribution in [-0.4, -0.2) is 42.3 Å². The van der Waals surface area contributed by atoms with Crippen LogP contribution < -0.4 is 5.32 Å². The van der Waals surface area contributed by atoms with E-state index in [2.05, 4.69) is 17.4 Å². The van der Waals surface area contributed by atoms with Crippen LogP contribution in [0.1, 0.15) is 24.8 Å². The van der Waals surface area contributed by atoms with E-state index in [1.165, 1.54) is 5.56 Å². The van der Waals surface area contributed by atoms with Crippen LogP contribution >= 0.6 is 0 Å². The van der Waals surface area contributed by atoms with Crippen molar-refractivity contribution in [2.45, 2.75) is 25.7 Å². The number of nitrogens with one attached hydrogen (secondary N) is 1. The van der Waals surface area contributed by atoms with Crippen molar-refractivity contribution >= 4 is 6.03 Å². The number of aliphatic hydroxyl groups is 1. The average molecular weight is 276 g/mol. The first-order valence-corrected chi connectivity index (χ1v) is 7.47. The second-order valence-electron chi connectivity index (χ2n) is 5.46. The summed E-state index contributed by atoms with van der Waals surface area (Å²) in [6.07, 6.45) is 3.95. The molecule has 0 spiro atoms. The largest absolute Gasteiger partial charge is 0.396 e. The van der Waals surface area contributed by atoms with E-state index in [9.17, 15) is 9.90 Å². The predicted octanol–water partition coefficient (Wildman–Crippen LogP) is 2.03. The van der Waals surface area contributed by atoms with Crippen LogP contribution in [-0.2, 0) is 6.42 Å². The van der Waals surface area contributed by atoms with E-state index >= 15 is 0 Å². The van der Waals surface area contributed by atoms with Gasteiger partial charge in [0, 0.05) is 26.2 Å². The minimum Gasteiger partial charge on any atom is -0.396 e. The fraction of sp³-hybridized carbons (Fsp3) is 0.562. The molecule has 2 amide bonds. The topological polar surface area (TPSA) is 52.6 Å². The van der Waals surface area contributed by atoms with Crippen molar-refractivity contribution in [1.29, 1.82) is 0 Å². The molecule has 0 aromatic heterocycles. The summed E-state index contributed by atoms with van der Waals surface area (Å²) in [7, 11) is 0. The SMILES string of the molecule is O=C(NCCCc1ccccc1)N1CCCC(CO)C1. The van der Waals surface area contributed by atoms with Gasteiger partial charge in [-0.05, 0) is 37.2 Å². The van der Waals surface area contributed by atoms with Crippen molar-refractivity contribution in [2.75, 3.05) is 26.2 Å². The third kappa shape index (κ3) is 4.53. The highest BCUT2D eigenvalue weighted by Crippen LogP contribution is 2.15. The minimum atomic E-state index is 0.0104. The third-order valence-electron chi connectivity index (χ3n) is 3.83. The molecule has 0 bridgehead atoms. The molecule has 1 saturated heterocycles. The first-order valence-electron chi connectivity index (χ1n) is 7.47. The quantitative estimate of drug-likeness (QED) is 0.809. The number of rotatable bonds is 5. The predicted molar refractivity (Wildman–Crippen MR) is 79.5 cm³/mol. The Balaban J connectivity index is 1.65.